The zero-order valence-corrected chi connectivity index (χ0v) is 19.8. The molecule has 170 valence electrons. The number of rotatable bonds is 9. The Bertz CT molecular complexity index is 653. The van der Waals surface area contributed by atoms with Crippen LogP contribution in [0.4, 0.5) is 0 Å². The molecule has 0 spiro atoms. The molecule has 2 aliphatic rings. The minimum absolute atomic E-state index is 0.226. The molecule has 3 atom stereocenters. The zero-order valence-electron chi connectivity index (χ0n) is 19.8. The predicted octanol–water partition coefficient (Wildman–Crippen LogP) is 5.07. The second-order valence-electron chi connectivity index (χ2n) is 9.77. The maximum absolute atomic E-state index is 9.87. The fourth-order valence-electron chi connectivity index (χ4n) is 5.26. The number of hydrogen-bond acceptors (Lipinski definition) is 4. The van der Waals surface area contributed by atoms with Gasteiger partial charge in [0.2, 0.25) is 0 Å². The summed E-state index contributed by atoms with van der Waals surface area (Å²) in [5.41, 5.74) is 4.03. The number of aliphatic hydroxyl groups excluding tert-OH is 1. The Labute approximate surface area is 184 Å². The van der Waals surface area contributed by atoms with Gasteiger partial charge in [0.25, 0.3) is 0 Å². The summed E-state index contributed by atoms with van der Waals surface area (Å²) in [4.78, 5) is 5.20. The molecule has 4 nitrogen and oxygen atoms in total. The number of hydrogen-bond donors (Lipinski definition) is 1. The summed E-state index contributed by atoms with van der Waals surface area (Å²) in [6.45, 7) is 14.1. The van der Waals surface area contributed by atoms with Crippen molar-refractivity contribution in [2.45, 2.75) is 104 Å². The first-order chi connectivity index (χ1) is 14.5. The molecular weight excluding hydrogens is 372 g/mol. The monoisotopic (exact) mass is 416 g/mol. The highest BCUT2D eigenvalue weighted by atomic mass is 16.5. The van der Waals surface area contributed by atoms with Crippen molar-refractivity contribution in [1.29, 1.82) is 0 Å². The van der Waals surface area contributed by atoms with Crippen molar-refractivity contribution >= 4 is 0 Å². The third kappa shape index (κ3) is 6.45. The first-order valence-corrected chi connectivity index (χ1v) is 12.3. The quantitative estimate of drug-likeness (QED) is 0.570. The number of nitrogens with zero attached hydrogens (tertiary/aromatic N) is 2. The highest BCUT2D eigenvalue weighted by molar-refractivity contribution is 5.43. The van der Waals surface area contributed by atoms with Gasteiger partial charge in [0.05, 0.1) is 12.7 Å². The minimum Gasteiger partial charge on any atom is -0.493 e. The Balaban J connectivity index is 1.53. The average molecular weight is 417 g/mol. The second kappa shape index (κ2) is 11.5. The van der Waals surface area contributed by atoms with Gasteiger partial charge < -0.3 is 14.7 Å². The van der Waals surface area contributed by atoms with Crippen LogP contribution in [0.2, 0.25) is 0 Å². The Morgan fingerprint density at radius 2 is 1.80 bits per heavy atom. The van der Waals surface area contributed by atoms with Gasteiger partial charge in [-0.2, -0.15) is 0 Å². The molecule has 2 fully saturated rings. The van der Waals surface area contributed by atoms with Crippen molar-refractivity contribution < 1.29 is 9.84 Å². The maximum Gasteiger partial charge on any atom is 0.122 e. The van der Waals surface area contributed by atoms with Gasteiger partial charge in [0.1, 0.15) is 5.75 Å². The lowest BCUT2D eigenvalue weighted by Crippen LogP contribution is -2.36. The molecule has 0 aromatic heterocycles. The van der Waals surface area contributed by atoms with E-state index in [2.05, 4.69) is 42.7 Å². The fourth-order valence-corrected chi connectivity index (χ4v) is 5.26. The number of benzene rings is 1. The molecule has 0 aliphatic carbocycles. The van der Waals surface area contributed by atoms with Crippen molar-refractivity contribution in [3.8, 4) is 5.75 Å². The molecule has 2 saturated heterocycles. The van der Waals surface area contributed by atoms with E-state index in [1.165, 1.54) is 68.3 Å². The van der Waals surface area contributed by atoms with Crippen molar-refractivity contribution in [1.82, 2.24) is 9.80 Å². The van der Waals surface area contributed by atoms with Crippen molar-refractivity contribution in [3.63, 3.8) is 0 Å². The summed E-state index contributed by atoms with van der Waals surface area (Å²) in [6.07, 6.45) is 9.68. The Morgan fingerprint density at radius 3 is 2.50 bits per heavy atom. The fraction of sp³-hybridized carbons (Fsp3) is 0.769. The highest BCUT2D eigenvalue weighted by Gasteiger charge is 2.31. The summed E-state index contributed by atoms with van der Waals surface area (Å²) in [7, 11) is 0. The maximum atomic E-state index is 9.87. The first-order valence-electron chi connectivity index (χ1n) is 12.3. The lowest BCUT2D eigenvalue weighted by Gasteiger charge is -2.30. The van der Waals surface area contributed by atoms with E-state index < -0.39 is 0 Å². The van der Waals surface area contributed by atoms with Crippen LogP contribution in [0.5, 0.6) is 5.75 Å². The Kier molecular flexibility index (Phi) is 9.03. The topological polar surface area (TPSA) is 35.9 Å². The number of aliphatic hydroxyl groups is 1. The molecule has 0 amide bonds. The summed E-state index contributed by atoms with van der Waals surface area (Å²) in [5.74, 6) is 1.04. The third-order valence-corrected chi connectivity index (χ3v) is 7.34. The van der Waals surface area contributed by atoms with Crippen LogP contribution in [0.1, 0.15) is 81.9 Å². The summed E-state index contributed by atoms with van der Waals surface area (Å²) >= 11 is 0. The molecule has 2 heterocycles. The van der Waals surface area contributed by atoms with E-state index in [-0.39, 0.29) is 6.10 Å². The van der Waals surface area contributed by atoms with E-state index in [1.807, 2.05) is 6.92 Å². The van der Waals surface area contributed by atoms with Crippen LogP contribution < -0.4 is 4.74 Å². The SMILES string of the molecule is Cc1c(CN2C(C)CCC2CC(C)O)ccc(OCCCN2CCCCCC2)c1C. The summed E-state index contributed by atoms with van der Waals surface area (Å²) < 4.78 is 6.19. The van der Waals surface area contributed by atoms with Crippen LogP contribution in [-0.4, -0.2) is 59.3 Å². The molecule has 1 N–H and O–H groups in total. The smallest absolute Gasteiger partial charge is 0.122 e. The molecule has 1 aromatic carbocycles. The molecular formula is C26H44N2O2. The lowest BCUT2D eigenvalue weighted by molar-refractivity contribution is 0.115. The van der Waals surface area contributed by atoms with Crippen molar-refractivity contribution in [2.75, 3.05) is 26.2 Å². The molecule has 2 aliphatic heterocycles. The minimum atomic E-state index is -0.226. The van der Waals surface area contributed by atoms with E-state index in [0.29, 0.717) is 12.1 Å². The largest absolute Gasteiger partial charge is 0.493 e. The second-order valence-corrected chi connectivity index (χ2v) is 9.77. The Morgan fingerprint density at radius 1 is 1.07 bits per heavy atom. The lowest BCUT2D eigenvalue weighted by atomic mass is 10.0. The third-order valence-electron chi connectivity index (χ3n) is 7.34. The van der Waals surface area contributed by atoms with E-state index in [4.69, 9.17) is 4.74 Å². The van der Waals surface area contributed by atoms with Crippen LogP contribution in [0, 0.1) is 13.8 Å². The van der Waals surface area contributed by atoms with E-state index >= 15 is 0 Å². The molecule has 0 saturated carbocycles. The normalized spacial score (nSPS) is 24.7. The van der Waals surface area contributed by atoms with Crippen molar-refractivity contribution in [2.24, 2.45) is 0 Å². The molecule has 0 radical (unpaired) electrons. The molecule has 3 unspecified atom stereocenters. The molecule has 30 heavy (non-hydrogen) atoms. The van der Waals surface area contributed by atoms with E-state index in [9.17, 15) is 5.11 Å². The van der Waals surface area contributed by atoms with Gasteiger partial charge in [-0.3, -0.25) is 4.90 Å². The van der Waals surface area contributed by atoms with Gasteiger partial charge in [0, 0.05) is 25.2 Å². The first kappa shape index (κ1) is 23.6. The van der Waals surface area contributed by atoms with Gasteiger partial charge in [-0.1, -0.05) is 18.9 Å². The number of ether oxygens (including phenoxy) is 1. The average Bonchev–Trinajstić information content (AvgIpc) is 2.90. The van der Waals surface area contributed by atoms with Crippen molar-refractivity contribution in [3.05, 3.63) is 28.8 Å². The standard InChI is InChI=1S/C26H44N2O2/c1-20-10-12-25(18-21(2)29)28(20)19-24-11-13-26(23(4)22(24)3)30-17-9-16-27-14-7-5-6-8-15-27/h11,13,20-21,25,29H,5-10,12,14-19H2,1-4H3. The highest BCUT2D eigenvalue weighted by Crippen LogP contribution is 2.31. The molecule has 1 aromatic rings. The van der Waals surface area contributed by atoms with E-state index in [0.717, 1.165) is 38.3 Å². The van der Waals surface area contributed by atoms with Crippen LogP contribution in [0.3, 0.4) is 0 Å². The van der Waals surface area contributed by atoms with Gasteiger partial charge in [-0.25, -0.2) is 0 Å². The number of likely N-dealkylation sites (tertiary alicyclic amines) is 2. The zero-order chi connectivity index (χ0) is 21.5. The van der Waals surface area contributed by atoms with Gasteiger partial charge in [-0.05, 0) is 102 Å². The predicted molar refractivity (Wildman–Crippen MR) is 125 cm³/mol. The molecule has 0 bridgehead atoms. The van der Waals surface area contributed by atoms with Gasteiger partial charge >= 0.3 is 0 Å². The summed E-state index contributed by atoms with van der Waals surface area (Å²) in [6, 6.07) is 5.52. The van der Waals surface area contributed by atoms with Crippen LogP contribution >= 0.6 is 0 Å². The summed E-state index contributed by atoms with van der Waals surface area (Å²) in [5, 5.41) is 9.87. The van der Waals surface area contributed by atoms with E-state index in [1.54, 1.807) is 0 Å². The van der Waals surface area contributed by atoms with Crippen LogP contribution in [0.25, 0.3) is 0 Å². The molecule has 3 rings (SSSR count). The van der Waals surface area contributed by atoms with Crippen LogP contribution in [-0.2, 0) is 6.54 Å². The molecule has 4 heteroatoms. The van der Waals surface area contributed by atoms with Crippen LogP contribution in [0.15, 0.2) is 12.1 Å². The van der Waals surface area contributed by atoms with Gasteiger partial charge in [-0.15, -0.1) is 0 Å². The Hall–Kier alpha value is -1.10. The van der Waals surface area contributed by atoms with Gasteiger partial charge in [0.15, 0.2) is 0 Å².